The van der Waals surface area contributed by atoms with E-state index in [0.717, 1.165) is 13.1 Å². The van der Waals surface area contributed by atoms with Gasteiger partial charge in [0.25, 0.3) is 0 Å². The molecular formula is C12H18N4O2. The standard InChI is InChI=1S/C12H18N4O2/c1-9(16-6-2-3-7-16)8-13-11-10(12(17)18)4-5-14-15-11/h4-5,9H,2-3,6-8H2,1H3,(H,13,15)(H,17,18). The van der Waals surface area contributed by atoms with E-state index in [9.17, 15) is 4.79 Å². The lowest BCUT2D eigenvalue weighted by Gasteiger charge is -2.24. The molecule has 0 saturated carbocycles. The highest BCUT2D eigenvalue weighted by molar-refractivity contribution is 5.92. The van der Waals surface area contributed by atoms with Crippen LogP contribution in [0.15, 0.2) is 12.3 Å². The zero-order chi connectivity index (χ0) is 13.0. The molecule has 1 aliphatic rings. The Hall–Kier alpha value is -1.69. The van der Waals surface area contributed by atoms with Crippen molar-refractivity contribution in [1.29, 1.82) is 0 Å². The van der Waals surface area contributed by atoms with Gasteiger partial charge in [-0.1, -0.05) is 0 Å². The topological polar surface area (TPSA) is 78.3 Å². The number of aromatic carboxylic acids is 1. The third kappa shape index (κ3) is 2.95. The summed E-state index contributed by atoms with van der Waals surface area (Å²) >= 11 is 0. The van der Waals surface area contributed by atoms with Crippen molar-refractivity contribution in [3.8, 4) is 0 Å². The largest absolute Gasteiger partial charge is 0.478 e. The molecule has 18 heavy (non-hydrogen) atoms. The molecule has 0 spiro atoms. The zero-order valence-electron chi connectivity index (χ0n) is 10.5. The molecule has 1 unspecified atom stereocenters. The van der Waals surface area contributed by atoms with Gasteiger partial charge >= 0.3 is 5.97 Å². The highest BCUT2D eigenvalue weighted by Crippen LogP contribution is 2.14. The fraction of sp³-hybridized carbons (Fsp3) is 0.583. The van der Waals surface area contributed by atoms with E-state index in [1.807, 2.05) is 0 Å². The SMILES string of the molecule is CC(CNc1nnccc1C(=O)O)N1CCCC1. The van der Waals surface area contributed by atoms with Gasteiger partial charge in [0.15, 0.2) is 5.82 Å². The van der Waals surface area contributed by atoms with E-state index in [1.54, 1.807) is 0 Å². The Bertz CT molecular complexity index is 418. The van der Waals surface area contributed by atoms with Gasteiger partial charge in [-0.25, -0.2) is 4.79 Å². The normalized spacial score (nSPS) is 17.6. The highest BCUT2D eigenvalue weighted by atomic mass is 16.4. The van der Waals surface area contributed by atoms with Gasteiger partial charge in [-0.15, -0.1) is 5.10 Å². The second-order valence-corrected chi connectivity index (χ2v) is 4.57. The summed E-state index contributed by atoms with van der Waals surface area (Å²) in [6.07, 6.45) is 3.88. The van der Waals surface area contributed by atoms with E-state index in [1.165, 1.54) is 25.1 Å². The third-order valence-electron chi connectivity index (χ3n) is 3.28. The van der Waals surface area contributed by atoms with Crippen LogP contribution in [0.25, 0.3) is 0 Å². The lowest BCUT2D eigenvalue weighted by molar-refractivity contribution is 0.0697. The number of nitrogens with zero attached hydrogens (tertiary/aromatic N) is 3. The van der Waals surface area contributed by atoms with E-state index in [2.05, 4.69) is 27.3 Å². The minimum Gasteiger partial charge on any atom is -0.478 e. The Balaban J connectivity index is 1.95. The van der Waals surface area contributed by atoms with E-state index in [-0.39, 0.29) is 5.56 Å². The molecule has 0 aromatic carbocycles. The molecule has 1 saturated heterocycles. The number of carbonyl (C=O) groups is 1. The molecule has 1 atom stereocenters. The van der Waals surface area contributed by atoms with E-state index >= 15 is 0 Å². The van der Waals surface area contributed by atoms with Crippen molar-refractivity contribution in [2.24, 2.45) is 0 Å². The molecule has 0 amide bonds. The fourth-order valence-corrected chi connectivity index (χ4v) is 2.19. The summed E-state index contributed by atoms with van der Waals surface area (Å²) in [5.41, 5.74) is 0.165. The molecule has 0 bridgehead atoms. The maximum atomic E-state index is 11.0. The van der Waals surface area contributed by atoms with E-state index in [0.29, 0.717) is 18.4 Å². The first kappa shape index (κ1) is 12.8. The van der Waals surface area contributed by atoms with Gasteiger partial charge in [0.2, 0.25) is 0 Å². The molecule has 2 N–H and O–H groups in total. The third-order valence-corrected chi connectivity index (χ3v) is 3.28. The molecule has 98 valence electrons. The van der Waals surface area contributed by atoms with Crippen LogP contribution in [-0.4, -0.2) is 51.8 Å². The van der Waals surface area contributed by atoms with Crippen molar-refractivity contribution in [2.75, 3.05) is 25.0 Å². The van der Waals surface area contributed by atoms with Crippen LogP contribution in [0.2, 0.25) is 0 Å². The number of aromatic nitrogens is 2. The van der Waals surface area contributed by atoms with Crippen LogP contribution >= 0.6 is 0 Å². The lowest BCUT2D eigenvalue weighted by Crippen LogP contribution is -2.36. The predicted molar refractivity (Wildman–Crippen MR) is 67.8 cm³/mol. The van der Waals surface area contributed by atoms with Crippen LogP contribution < -0.4 is 5.32 Å². The Kier molecular flexibility index (Phi) is 4.09. The van der Waals surface area contributed by atoms with Crippen LogP contribution in [0.1, 0.15) is 30.1 Å². The first-order valence-corrected chi connectivity index (χ1v) is 6.21. The monoisotopic (exact) mass is 250 g/mol. The molecule has 1 fully saturated rings. The van der Waals surface area contributed by atoms with Crippen molar-refractivity contribution in [3.05, 3.63) is 17.8 Å². The second-order valence-electron chi connectivity index (χ2n) is 4.57. The number of nitrogens with one attached hydrogen (secondary N) is 1. The average Bonchev–Trinajstić information content (AvgIpc) is 2.90. The van der Waals surface area contributed by atoms with Gasteiger partial charge in [-0.05, 0) is 38.9 Å². The van der Waals surface area contributed by atoms with Gasteiger partial charge in [0.1, 0.15) is 5.56 Å². The van der Waals surface area contributed by atoms with Crippen molar-refractivity contribution in [1.82, 2.24) is 15.1 Å². The quantitative estimate of drug-likeness (QED) is 0.814. The van der Waals surface area contributed by atoms with Crippen molar-refractivity contribution in [2.45, 2.75) is 25.8 Å². The van der Waals surface area contributed by atoms with Gasteiger partial charge in [0.05, 0.1) is 6.20 Å². The summed E-state index contributed by atoms with van der Waals surface area (Å²) in [4.78, 5) is 13.4. The summed E-state index contributed by atoms with van der Waals surface area (Å²) in [5, 5.41) is 19.7. The van der Waals surface area contributed by atoms with Gasteiger partial charge in [0, 0.05) is 12.6 Å². The van der Waals surface area contributed by atoms with Gasteiger partial charge in [-0.3, -0.25) is 4.90 Å². The maximum absolute atomic E-state index is 11.0. The zero-order valence-corrected chi connectivity index (χ0v) is 10.5. The summed E-state index contributed by atoms with van der Waals surface area (Å²) in [5.74, 6) is -0.641. The molecule has 1 aromatic heterocycles. The van der Waals surface area contributed by atoms with Gasteiger partial charge in [-0.2, -0.15) is 5.10 Å². The smallest absolute Gasteiger partial charge is 0.339 e. The number of likely N-dealkylation sites (tertiary alicyclic amines) is 1. The molecule has 0 aliphatic carbocycles. The van der Waals surface area contributed by atoms with E-state index < -0.39 is 5.97 Å². The molecule has 0 radical (unpaired) electrons. The highest BCUT2D eigenvalue weighted by Gasteiger charge is 2.19. The number of carboxylic acid groups (broad SMARTS) is 1. The molecular weight excluding hydrogens is 232 g/mol. The van der Waals surface area contributed by atoms with Crippen LogP contribution in [0.4, 0.5) is 5.82 Å². The second kappa shape index (κ2) is 5.77. The molecule has 1 aliphatic heterocycles. The Morgan fingerprint density at radius 3 is 2.94 bits per heavy atom. The Morgan fingerprint density at radius 2 is 2.28 bits per heavy atom. The maximum Gasteiger partial charge on any atom is 0.339 e. The summed E-state index contributed by atoms with van der Waals surface area (Å²) in [7, 11) is 0. The average molecular weight is 250 g/mol. The number of hydrogen-bond donors (Lipinski definition) is 2. The summed E-state index contributed by atoms with van der Waals surface area (Å²) in [6, 6.07) is 1.83. The number of rotatable bonds is 5. The molecule has 2 rings (SSSR count). The van der Waals surface area contributed by atoms with E-state index in [4.69, 9.17) is 5.11 Å². The predicted octanol–water partition coefficient (Wildman–Crippen LogP) is 1.07. The van der Waals surface area contributed by atoms with Crippen LogP contribution in [0.5, 0.6) is 0 Å². The van der Waals surface area contributed by atoms with Crippen molar-refractivity contribution >= 4 is 11.8 Å². The molecule has 2 heterocycles. The number of hydrogen-bond acceptors (Lipinski definition) is 5. The number of anilines is 1. The van der Waals surface area contributed by atoms with Crippen LogP contribution in [-0.2, 0) is 0 Å². The lowest BCUT2D eigenvalue weighted by atomic mass is 10.2. The summed E-state index contributed by atoms with van der Waals surface area (Å²) in [6.45, 7) is 5.05. The Morgan fingerprint density at radius 1 is 1.56 bits per heavy atom. The number of carboxylic acids is 1. The Labute approximate surface area is 106 Å². The minimum absolute atomic E-state index is 0.165. The van der Waals surface area contributed by atoms with Crippen molar-refractivity contribution in [3.63, 3.8) is 0 Å². The van der Waals surface area contributed by atoms with Crippen LogP contribution in [0.3, 0.4) is 0 Å². The first-order valence-electron chi connectivity index (χ1n) is 6.21. The van der Waals surface area contributed by atoms with Crippen molar-refractivity contribution < 1.29 is 9.90 Å². The molecule has 6 nitrogen and oxygen atoms in total. The minimum atomic E-state index is -0.985. The van der Waals surface area contributed by atoms with Crippen LogP contribution in [0, 0.1) is 0 Å². The summed E-state index contributed by atoms with van der Waals surface area (Å²) < 4.78 is 0. The van der Waals surface area contributed by atoms with Gasteiger partial charge < -0.3 is 10.4 Å². The fourth-order valence-electron chi connectivity index (χ4n) is 2.19. The molecule has 1 aromatic rings. The molecule has 6 heteroatoms. The first-order chi connectivity index (χ1) is 8.68.